The molecule has 3 aliphatic rings. The molecule has 3 aliphatic carbocycles. The number of hydrogen-bond donors (Lipinski definition) is 0. The van der Waals surface area contributed by atoms with Gasteiger partial charge in [-0.15, -0.1) is 0 Å². The Morgan fingerprint density at radius 2 is 1.30 bits per heavy atom. The van der Waals surface area contributed by atoms with Crippen molar-refractivity contribution in [1.82, 2.24) is 0 Å². The Labute approximate surface area is 166 Å². The van der Waals surface area contributed by atoms with Gasteiger partial charge in [-0.2, -0.15) is 0 Å². The lowest BCUT2D eigenvalue weighted by atomic mass is 9.51. The van der Waals surface area contributed by atoms with Crippen molar-refractivity contribution in [2.24, 2.45) is 5.41 Å². The SMILES string of the molecule is CCCCCCCC12CCC(c3ccc(-c4cc[c]cc4)cc3)(CC1)CC2. The van der Waals surface area contributed by atoms with Crippen LogP contribution in [0.25, 0.3) is 11.1 Å². The summed E-state index contributed by atoms with van der Waals surface area (Å²) in [5.74, 6) is 0. The summed E-state index contributed by atoms with van der Waals surface area (Å²) in [6.07, 6.45) is 17.3. The standard InChI is InChI=1S/C27H35/c1-2-3-4-5-9-16-26-17-20-27(21-18-26,22-19-26)25-14-12-24(13-15-25)23-10-7-6-8-11-23/h7-8,10-15H,2-5,9,16-22H2,1H3. The van der Waals surface area contributed by atoms with Gasteiger partial charge in [0.15, 0.2) is 0 Å². The summed E-state index contributed by atoms with van der Waals surface area (Å²) in [6, 6.07) is 21.0. The molecular formula is C27H35. The first-order valence-corrected chi connectivity index (χ1v) is 11.3. The highest BCUT2D eigenvalue weighted by molar-refractivity contribution is 5.63. The van der Waals surface area contributed by atoms with Crippen LogP contribution < -0.4 is 0 Å². The van der Waals surface area contributed by atoms with Crippen molar-refractivity contribution in [3.05, 3.63) is 60.2 Å². The quantitative estimate of drug-likeness (QED) is 0.418. The molecule has 0 aliphatic heterocycles. The minimum Gasteiger partial charge on any atom is -0.0654 e. The molecule has 0 unspecified atom stereocenters. The molecule has 2 aromatic rings. The average Bonchev–Trinajstić information content (AvgIpc) is 2.76. The summed E-state index contributed by atoms with van der Waals surface area (Å²) in [6.45, 7) is 2.31. The van der Waals surface area contributed by atoms with Crippen molar-refractivity contribution in [1.29, 1.82) is 0 Å². The number of fused-ring (bicyclic) bond motifs is 3. The molecule has 27 heavy (non-hydrogen) atoms. The Bertz CT molecular complexity index is 685. The molecule has 0 amide bonds. The van der Waals surface area contributed by atoms with E-state index in [0.717, 1.165) is 0 Å². The Balaban J connectivity index is 1.38. The minimum absolute atomic E-state index is 0.479. The molecule has 0 heterocycles. The predicted molar refractivity (Wildman–Crippen MR) is 116 cm³/mol. The van der Waals surface area contributed by atoms with E-state index in [0.29, 0.717) is 10.8 Å². The van der Waals surface area contributed by atoms with Gasteiger partial charge in [0, 0.05) is 0 Å². The molecule has 5 rings (SSSR count). The molecule has 0 saturated heterocycles. The molecular weight excluding hydrogens is 324 g/mol. The van der Waals surface area contributed by atoms with Gasteiger partial charge in [0.1, 0.15) is 0 Å². The number of benzene rings is 2. The van der Waals surface area contributed by atoms with Crippen LogP contribution in [0.5, 0.6) is 0 Å². The van der Waals surface area contributed by atoms with E-state index >= 15 is 0 Å². The second-order valence-corrected chi connectivity index (χ2v) is 9.31. The lowest BCUT2D eigenvalue weighted by Crippen LogP contribution is -2.44. The summed E-state index contributed by atoms with van der Waals surface area (Å²) in [5, 5.41) is 0. The maximum atomic E-state index is 3.11. The van der Waals surface area contributed by atoms with Gasteiger partial charge in [-0.3, -0.25) is 0 Å². The van der Waals surface area contributed by atoms with Gasteiger partial charge >= 0.3 is 0 Å². The van der Waals surface area contributed by atoms with E-state index in [1.54, 1.807) is 5.56 Å². The summed E-state index contributed by atoms with van der Waals surface area (Å²) >= 11 is 0. The van der Waals surface area contributed by atoms with Crippen molar-refractivity contribution in [2.45, 2.75) is 89.4 Å². The average molecular weight is 360 g/mol. The van der Waals surface area contributed by atoms with Gasteiger partial charge in [-0.25, -0.2) is 0 Å². The van der Waals surface area contributed by atoms with E-state index in [1.165, 1.54) is 88.2 Å². The van der Waals surface area contributed by atoms with Crippen LogP contribution in [0.2, 0.25) is 0 Å². The second kappa shape index (κ2) is 8.21. The zero-order valence-electron chi connectivity index (χ0n) is 17.1. The van der Waals surface area contributed by atoms with Crippen molar-refractivity contribution < 1.29 is 0 Å². The van der Waals surface area contributed by atoms with E-state index in [9.17, 15) is 0 Å². The Kier molecular flexibility index (Phi) is 5.71. The topological polar surface area (TPSA) is 0 Å². The fraction of sp³-hybridized carbons (Fsp3) is 0.556. The molecule has 143 valence electrons. The third kappa shape index (κ3) is 4.00. The van der Waals surface area contributed by atoms with Crippen LogP contribution in [-0.4, -0.2) is 0 Å². The van der Waals surface area contributed by atoms with Crippen LogP contribution >= 0.6 is 0 Å². The molecule has 0 heteroatoms. The lowest BCUT2D eigenvalue weighted by Gasteiger charge is -2.54. The van der Waals surface area contributed by atoms with E-state index in [4.69, 9.17) is 0 Å². The summed E-state index contributed by atoms with van der Waals surface area (Å²) in [7, 11) is 0. The van der Waals surface area contributed by atoms with Crippen molar-refractivity contribution in [3.8, 4) is 11.1 Å². The molecule has 0 nitrogen and oxygen atoms in total. The fourth-order valence-electron chi connectivity index (χ4n) is 5.77. The zero-order chi connectivity index (χ0) is 18.6. The summed E-state index contributed by atoms with van der Waals surface area (Å²) < 4.78 is 0. The summed E-state index contributed by atoms with van der Waals surface area (Å²) in [4.78, 5) is 0. The second-order valence-electron chi connectivity index (χ2n) is 9.31. The third-order valence-electron chi connectivity index (χ3n) is 7.76. The van der Waals surface area contributed by atoms with Gasteiger partial charge in [-0.1, -0.05) is 87.6 Å². The van der Waals surface area contributed by atoms with Crippen molar-refractivity contribution in [2.75, 3.05) is 0 Å². The molecule has 0 atom stereocenters. The molecule has 3 fully saturated rings. The molecule has 2 bridgehead atoms. The lowest BCUT2D eigenvalue weighted by molar-refractivity contribution is 0.0304. The van der Waals surface area contributed by atoms with Crippen LogP contribution in [0, 0.1) is 11.5 Å². The van der Waals surface area contributed by atoms with E-state index in [2.05, 4.69) is 49.4 Å². The molecule has 2 aromatic carbocycles. The van der Waals surface area contributed by atoms with Gasteiger partial charge < -0.3 is 0 Å². The molecule has 0 N–H and O–H groups in total. The highest BCUT2D eigenvalue weighted by Gasteiger charge is 2.48. The van der Waals surface area contributed by atoms with Crippen LogP contribution in [0.15, 0.2) is 48.5 Å². The van der Waals surface area contributed by atoms with Gasteiger partial charge in [-0.05, 0) is 78.5 Å². The smallest absolute Gasteiger partial charge is 0.00463 e. The monoisotopic (exact) mass is 359 g/mol. The molecule has 0 spiro atoms. The minimum atomic E-state index is 0.479. The largest absolute Gasteiger partial charge is 0.0654 e. The van der Waals surface area contributed by atoms with E-state index in [1.807, 2.05) is 12.1 Å². The number of unbranched alkanes of at least 4 members (excludes halogenated alkanes) is 4. The first-order valence-electron chi connectivity index (χ1n) is 11.3. The van der Waals surface area contributed by atoms with Crippen LogP contribution in [0.4, 0.5) is 0 Å². The molecule has 1 radical (unpaired) electrons. The fourth-order valence-corrected chi connectivity index (χ4v) is 5.77. The maximum Gasteiger partial charge on any atom is -0.00463 e. The third-order valence-corrected chi connectivity index (χ3v) is 7.76. The number of hydrogen-bond acceptors (Lipinski definition) is 0. The van der Waals surface area contributed by atoms with Crippen LogP contribution in [0.3, 0.4) is 0 Å². The van der Waals surface area contributed by atoms with Crippen molar-refractivity contribution in [3.63, 3.8) is 0 Å². The maximum absolute atomic E-state index is 3.11. The Morgan fingerprint density at radius 3 is 1.93 bits per heavy atom. The Morgan fingerprint density at radius 1 is 0.704 bits per heavy atom. The van der Waals surface area contributed by atoms with Crippen LogP contribution in [0.1, 0.15) is 89.5 Å². The number of rotatable bonds is 8. The first-order chi connectivity index (χ1) is 13.3. The normalized spacial score (nSPS) is 27.0. The molecule has 3 saturated carbocycles. The Hall–Kier alpha value is -1.56. The van der Waals surface area contributed by atoms with E-state index < -0.39 is 0 Å². The van der Waals surface area contributed by atoms with Gasteiger partial charge in [0.25, 0.3) is 0 Å². The highest BCUT2D eigenvalue weighted by atomic mass is 14.5. The summed E-state index contributed by atoms with van der Waals surface area (Å²) in [5.41, 5.74) is 5.41. The predicted octanol–water partition coefficient (Wildman–Crippen LogP) is 8.11. The zero-order valence-corrected chi connectivity index (χ0v) is 17.1. The van der Waals surface area contributed by atoms with Crippen LogP contribution in [-0.2, 0) is 5.41 Å². The van der Waals surface area contributed by atoms with Crippen molar-refractivity contribution >= 4 is 0 Å². The molecule has 0 aromatic heterocycles. The van der Waals surface area contributed by atoms with Gasteiger partial charge in [0.2, 0.25) is 0 Å². The highest BCUT2D eigenvalue weighted by Crippen LogP contribution is 2.59. The van der Waals surface area contributed by atoms with E-state index in [-0.39, 0.29) is 0 Å². The van der Waals surface area contributed by atoms with Gasteiger partial charge in [0.05, 0.1) is 0 Å². The first kappa shape index (κ1) is 18.8.